The lowest BCUT2D eigenvalue weighted by molar-refractivity contribution is -0.127. The van der Waals surface area contributed by atoms with Crippen LogP contribution in [0, 0.1) is 5.92 Å². The van der Waals surface area contributed by atoms with Crippen LogP contribution in [-0.2, 0) is 16.6 Å². The molecule has 134 valence electrons. The largest absolute Gasteiger partial charge is 0.360 e. The first-order chi connectivity index (χ1) is 11.9. The summed E-state index contributed by atoms with van der Waals surface area (Å²) in [7, 11) is 0. The monoisotopic (exact) mass is 358 g/mol. The van der Waals surface area contributed by atoms with Crippen molar-refractivity contribution in [3.63, 3.8) is 0 Å². The molecule has 1 amide bonds. The number of carbonyl (C=O) groups excluding carboxylic acids is 1. The lowest BCUT2D eigenvalue weighted by atomic mass is 9.96. The van der Waals surface area contributed by atoms with Crippen LogP contribution in [0.2, 0.25) is 0 Å². The van der Waals surface area contributed by atoms with Gasteiger partial charge in [0.05, 0.1) is 0 Å². The molecule has 0 bridgehead atoms. The van der Waals surface area contributed by atoms with Crippen LogP contribution in [0.25, 0.3) is 0 Å². The highest BCUT2D eigenvalue weighted by atomic mass is 32.1. The molecule has 3 rings (SSSR count). The number of hydrogen-bond acceptors (Lipinski definition) is 5. The van der Waals surface area contributed by atoms with E-state index in [0.717, 1.165) is 37.0 Å². The van der Waals surface area contributed by atoms with Crippen molar-refractivity contribution in [1.29, 1.82) is 0 Å². The van der Waals surface area contributed by atoms with E-state index < -0.39 is 0 Å². The van der Waals surface area contributed by atoms with Gasteiger partial charge in [-0.3, -0.25) is 4.79 Å². The molecular weight excluding hydrogens is 332 g/mol. The van der Waals surface area contributed by atoms with E-state index in [-0.39, 0.29) is 11.3 Å². The summed E-state index contributed by atoms with van der Waals surface area (Å²) >= 11 is 1.40. The van der Waals surface area contributed by atoms with Gasteiger partial charge in [0, 0.05) is 48.9 Å². The summed E-state index contributed by atoms with van der Waals surface area (Å²) in [4.78, 5) is 18.8. The maximum Gasteiger partial charge on any atom is 0.223 e. The topological polar surface area (TPSA) is 58.1 Å². The van der Waals surface area contributed by atoms with Gasteiger partial charge in [-0.05, 0) is 12.0 Å². The quantitative estimate of drug-likeness (QED) is 0.860. The number of hydrogen-bond donors (Lipinski definition) is 1. The third-order valence-electron chi connectivity index (χ3n) is 4.45. The van der Waals surface area contributed by atoms with Gasteiger partial charge in [0.1, 0.15) is 5.82 Å². The van der Waals surface area contributed by atoms with E-state index in [1.54, 1.807) is 0 Å². The van der Waals surface area contributed by atoms with E-state index in [0.29, 0.717) is 12.3 Å². The van der Waals surface area contributed by atoms with Gasteiger partial charge < -0.3 is 10.2 Å². The van der Waals surface area contributed by atoms with Crippen LogP contribution in [0.5, 0.6) is 0 Å². The van der Waals surface area contributed by atoms with Crippen molar-refractivity contribution < 1.29 is 4.79 Å². The summed E-state index contributed by atoms with van der Waals surface area (Å²) in [6.07, 6.45) is 1.53. The summed E-state index contributed by atoms with van der Waals surface area (Å²) in [6, 6.07) is 10.3. The Morgan fingerprint density at radius 3 is 2.72 bits per heavy atom. The smallest absolute Gasteiger partial charge is 0.223 e. The molecule has 1 fully saturated rings. The Kier molecular flexibility index (Phi) is 5.37. The van der Waals surface area contributed by atoms with Crippen molar-refractivity contribution >= 4 is 22.6 Å². The molecule has 2 aromatic rings. The van der Waals surface area contributed by atoms with Gasteiger partial charge in [-0.15, -0.1) is 0 Å². The Morgan fingerprint density at radius 1 is 1.28 bits per heavy atom. The molecule has 1 unspecified atom stereocenters. The molecule has 0 radical (unpaired) electrons. The Hall–Kier alpha value is -1.95. The second-order valence-corrected chi connectivity index (χ2v) is 8.45. The van der Waals surface area contributed by atoms with Crippen molar-refractivity contribution in [2.24, 2.45) is 5.92 Å². The number of rotatable bonds is 6. The minimum Gasteiger partial charge on any atom is -0.360 e. The fourth-order valence-electron chi connectivity index (χ4n) is 2.95. The highest BCUT2D eigenvalue weighted by molar-refractivity contribution is 7.09. The van der Waals surface area contributed by atoms with Crippen LogP contribution in [-0.4, -0.2) is 39.8 Å². The molecule has 5 nitrogen and oxygen atoms in total. The van der Waals surface area contributed by atoms with E-state index in [2.05, 4.69) is 47.6 Å². The first-order valence-corrected chi connectivity index (χ1v) is 9.59. The van der Waals surface area contributed by atoms with Crippen molar-refractivity contribution in [2.75, 3.05) is 25.0 Å². The molecule has 1 aromatic heterocycles. The summed E-state index contributed by atoms with van der Waals surface area (Å²) in [5.74, 6) is 1.47. The lowest BCUT2D eigenvalue weighted by Crippen LogP contribution is -2.28. The molecule has 1 aromatic carbocycles. The fourth-order valence-corrected chi connectivity index (χ4v) is 3.71. The minimum atomic E-state index is -0.0337. The van der Waals surface area contributed by atoms with E-state index in [1.165, 1.54) is 17.1 Å². The van der Waals surface area contributed by atoms with Gasteiger partial charge in [0.2, 0.25) is 11.0 Å². The van der Waals surface area contributed by atoms with Gasteiger partial charge in [-0.2, -0.15) is 4.37 Å². The number of anilines is 1. The standard InChI is InChI=1S/C19H26N4OS/c1-19(2,3)17-21-18(25-22-17)20-12-15-11-16(24)23(13-15)10-9-14-7-5-4-6-8-14/h4-8,15H,9-13H2,1-3H3,(H,20,21,22). The summed E-state index contributed by atoms with van der Waals surface area (Å²) in [6.45, 7) is 8.72. The second kappa shape index (κ2) is 7.52. The number of amides is 1. The maximum atomic E-state index is 12.2. The number of benzene rings is 1. The highest BCUT2D eigenvalue weighted by Crippen LogP contribution is 2.24. The average Bonchev–Trinajstić information content (AvgIpc) is 3.18. The zero-order valence-corrected chi connectivity index (χ0v) is 16.0. The van der Waals surface area contributed by atoms with Gasteiger partial charge in [-0.1, -0.05) is 51.1 Å². The Bertz CT molecular complexity index is 708. The molecule has 2 heterocycles. The van der Waals surface area contributed by atoms with E-state index in [1.807, 2.05) is 23.1 Å². The maximum absolute atomic E-state index is 12.2. The number of carbonyl (C=O) groups is 1. The molecule has 0 saturated carbocycles. The normalized spacial score (nSPS) is 18.0. The van der Waals surface area contributed by atoms with Crippen molar-refractivity contribution in [3.05, 3.63) is 41.7 Å². The summed E-state index contributed by atoms with van der Waals surface area (Å²) < 4.78 is 4.42. The molecule has 1 saturated heterocycles. The molecule has 25 heavy (non-hydrogen) atoms. The van der Waals surface area contributed by atoms with Crippen molar-refractivity contribution in [1.82, 2.24) is 14.3 Å². The Morgan fingerprint density at radius 2 is 2.04 bits per heavy atom. The zero-order valence-electron chi connectivity index (χ0n) is 15.2. The van der Waals surface area contributed by atoms with Crippen LogP contribution < -0.4 is 5.32 Å². The predicted octanol–water partition coefficient (Wildman–Crippen LogP) is 3.34. The predicted molar refractivity (Wildman–Crippen MR) is 102 cm³/mol. The SMILES string of the molecule is CC(C)(C)c1nsc(NCC2CC(=O)N(CCc3ccccc3)C2)n1. The summed E-state index contributed by atoms with van der Waals surface area (Å²) in [5.41, 5.74) is 1.24. The zero-order chi connectivity index (χ0) is 17.9. The van der Waals surface area contributed by atoms with Gasteiger partial charge >= 0.3 is 0 Å². The average molecular weight is 359 g/mol. The molecule has 0 spiro atoms. The number of aromatic nitrogens is 2. The van der Waals surface area contributed by atoms with Gasteiger partial charge in [0.15, 0.2) is 0 Å². The van der Waals surface area contributed by atoms with Crippen molar-refractivity contribution in [2.45, 2.75) is 39.0 Å². The molecule has 1 aliphatic rings. The van der Waals surface area contributed by atoms with Gasteiger partial charge in [0.25, 0.3) is 0 Å². The van der Waals surface area contributed by atoms with E-state index in [4.69, 9.17) is 0 Å². The number of likely N-dealkylation sites (tertiary alicyclic amines) is 1. The molecule has 0 aliphatic carbocycles. The Labute approximate surface area is 153 Å². The highest BCUT2D eigenvalue weighted by Gasteiger charge is 2.29. The number of nitrogens with zero attached hydrogens (tertiary/aromatic N) is 3. The van der Waals surface area contributed by atoms with Crippen molar-refractivity contribution in [3.8, 4) is 0 Å². The lowest BCUT2D eigenvalue weighted by Gasteiger charge is -2.16. The molecular formula is C19H26N4OS. The second-order valence-electron chi connectivity index (χ2n) is 7.70. The first-order valence-electron chi connectivity index (χ1n) is 8.81. The molecule has 1 N–H and O–H groups in total. The van der Waals surface area contributed by atoms with Crippen LogP contribution in [0.3, 0.4) is 0 Å². The van der Waals surface area contributed by atoms with Crippen LogP contribution in [0.1, 0.15) is 38.6 Å². The van der Waals surface area contributed by atoms with E-state index >= 15 is 0 Å². The minimum absolute atomic E-state index is 0.0337. The van der Waals surface area contributed by atoms with Crippen LogP contribution in [0.15, 0.2) is 30.3 Å². The third-order valence-corrected chi connectivity index (χ3v) is 5.12. The molecule has 1 atom stereocenters. The molecule has 6 heteroatoms. The van der Waals surface area contributed by atoms with Crippen LogP contribution >= 0.6 is 11.5 Å². The van der Waals surface area contributed by atoms with E-state index in [9.17, 15) is 4.79 Å². The fraction of sp³-hybridized carbons (Fsp3) is 0.526. The van der Waals surface area contributed by atoms with Gasteiger partial charge in [-0.25, -0.2) is 4.98 Å². The summed E-state index contributed by atoms with van der Waals surface area (Å²) in [5, 5.41) is 4.21. The molecule has 1 aliphatic heterocycles. The number of nitrogens with one attached hydrogen (secondary N) is 1. The Balaban J connectivity index is 1.47. The first kappa shape index (κ1) is 17.9. The third kappa shape index (κ3) is 4.78. The van der Waals surface area contributed by atoms with Crippen LogP contribution in [0.4, 0.5) is 5.13 Å².